The number of nitrogens with two attached hydrogens (primary N) is 1. The zero-order valence-corrected chi connectivity index (χ0v) is 11.0. The number of hydrogen-bond acceptors (Lipinski definition) is 3. The molecule has 0 heterocycles. The maximum atomic E-state index is 13.0. The van der Waals surface area contributed by atoms with E-state index in [0.29, 0.717) is 6.29 Å². The van der Waals surface area contributed by atoms with Gasteiger partial charge in [0.1, 0.15) is 12.1 Å². The predicted molar refractivity (Wildman–Crippen MR) is 69.0 cm³/mol. The normalized spacial score (nSPS) is 16.1. The van der Waals surface area contributed by atoms with Gasteiger partial charge in [0.05, 0.1) is 18.8 Å². The Kier molecular flexibility index (Phi) is 5.44. The average molecular weight is 253 g/mol. The lowest BCUT2D eigenvalue weighted by Gasteiger charge is -2.23. The second kappa shape index (κ2) is 6.61. The van der Waals surface area contributed by atoms with Gasteiger partial charge in [-0.05, 0) is 37.1 Å². The van der Waals surface area contributed by atoms with E-state index in [9.17, 15) is 9.18 Å². The number of halogens is 1. The second-order valence-electron chi connectivity index (χ2n) is 4.63. The quantitative estimate of drug-likeness (QED) is 0.790. The fraction of sp³-hybridized carbons (Fsp3) is 0.500. The van der Waals surface area contributed by atoms with E-state index in [2.05, 4.69) is 0 Å². The Morgan fingerprint density at radius 1 is 1.44 bits per heavy atom. The van der Waals surface area contributed by atoms with Crippen LogP contribution in [0.5, 0.6) is 0 Å². The van der Waals surface area contributed by atoms with Crippen LogP contribution in [0.1, 0.15) is 30.9 Å². The van der Waals surface area contributed by atoms with Crippen LogP contribution in [0, 0.1) is 12.7 Å². The Bertz CT molecular complexity index is 409. The number of aldehydes is 1. The molecule has 0 spiro atoms. The molecule has 1 aromatic rings. The Hall–Kier alpha value is -1.26. The second-order valence-corrected chi connectivity index (χ2v) is 4.63. The zero-order valence-electron chi connectivity index (χ0n) is 11.0. The summed E-state index contributed by atoms with van der Waals surface area (Å²) >= 11 is 0. The minimum absolute atomic E-state index is 0.0832. The largest absolute Gasteiger partial charge is 0.376 e. The van der Waals surface area contributed by atoms with Gasteiger partial charge in [0.15, 0.2) is 0 Å². The van der Waals surface area contributed by atoms with Gasteiger partial charge in [-0.15, -0.1) is 0 Å². The summed E-state index contributed by atoms with van der Waals surface area (Å²) in [7, 11) is 0. The van der Waals surface area contributed by atoms with Crippen LogP contribution in [0.3, 0.4) is 0 Å². The van der Waals surface area contributed by atoms with Gasteiger partial charge in [0.2, 0.25) is 0 Å². The fourth-order valence-electron chi connectivity index (χ4n) is 1.85. The molecule has 3 atom stereocenters. The van der Waals surface area contributed by atoms with Gasteiger partial charge in [0, 0.05) is 5.92 Å². The Labute approximate surface area is 107 Å². The van der Waals surface area contributed by atoms with E-state index in [-0.39, 0.29) is 24.4 Å². The third-order valence-corrected chi connectivity index (χ3v) is 3.15. The first-order chi connectivity index (χ1) is 8.45. The van der Waals surface area contributed by atoms with Crippen molar-refractivity contribution in [1.82, 2.24) is 0 Å². The van der Waals surface area contributed by atoms with Crippen molar-refractivity contribution < 1.29 is 13.9 Å². The van der Waals surface area contributed by atoms with E-state index < -0.39 is 6.04 Å². The monoisotopic (exact) mass is 253 g/mol. The molecule has 0 radical (unpaired) electrons. The number of ether oxygens (including phenoxy) is 1. The molecule has 0 amide bonds. The van der Waals surface area contributed by atoms with Crippen molar-refractivity contribution in [3.63, 3.8) is 0 Å². The highest BCUT2D eigenvalue weighted by Crippen LogP contribution is 2.25. The summed E-state index contributed by atoms with van der Waals surface area (Å²) in [5.41, 5.74) is 7.41. The lowest BCUT2D eigenvalue weighted by Crippen LogP contribution is -2.31. The minimum atomic E-state index is -0.589. The summed E-state index contributed by atoms with van der Waals surface area (Å²) in [4.78, 5) is 10.4. The molecule has 3 nitrogen and oxygen atoms in total. The van der Waals surface area contributed by atoms with Crippen LogP contribution in [-0.2, 0) is 9.53 Å². The SMILES string of the molecule is Cc1cc(F)ccc1[C@@H](C)[C@@H](C)OCC(N)C=O. The first-order valence-corrected chi connectivity index (χ1v) is 6.04. The highest BCUT2D eigenvalue weighted by molar-refractivity contribution is 5.57. The van der Waals surface area contributed by atoms with Crippen LogP contribution in [0.15, 0.2) is 18.2 Å². The smallest absolute Gasteiger partial charge is 0.139 e. The highest BCUT2D eigenvalue weighted by Gasteiger charge is 2.18. The van der Waals surface area contributed by atoms with Gasteiger partial charge in [-0.3, -0.25) is 0 Å². The van der Waals surface area contributed by atoms with E-state index in [1.165, 1.54) is 12.1 Å². The molecule has 0 aromatic heterocycles. The van der Waals surface area contributed by atoms with E-state index in [1.807, 2.05) is 20.8 Å². The maximum absolute atomic E-state index is 13.0. The molecule has 0 saturated carbocycles. The number of rotatable bonds is 6. The molecule has 18 heavy (non-hydrogen) atoms. The molecule has 0 aliphatic heterocycles. The van der Waals surface area contributed by atoms with Crippen molar-refractivity contribution in [3.05, 3.63) is 35.1 Å². The van der Waals surface area contributed by atoms with Crippen LogP contribution >= 0.6 is 0 Å². The summed E-state index contributed by atoms with van der Waals surface area (Å²) in [5.74, 6) is -0.121. The molecule has 1 rings (SSSR count). The highest BCUT2D eigenvalue weighted by atomic mass is 19.1. The van der Waals surface area contributed by atoms with Gasteiger partial charge in [-0.25, -0.2) is 4.39 Å². The summed E-state index contributed by atoms with van der Waals surface area (Å²) in [6.45, 7) is 6.01. The topological polar surface area (TPSA) is 52.3 Å². The van der Waals surface area contributed by atoms with Crippen LogP contribution in [0.2, 0.25) is 0 Å². The molecular weight excluding hydrogens is 233 g/mol. The third kappa shape index (κ3) is 3.89. The molecule has 0 bridgehead atoms. The maximum Gasteiger partial charge on any atom is 0.139 e. The molecular formula is C14H20FNO2. The van der Waals surface area contributed by atoms with Crippen molar-refractivity contribution in [3.8, 4) is 0 Å². The molecule has 100 valence electrons. The Balaban J connectivity index is 2.67. The molecule has 0 aliphatic carbocycles. The van der Waals surface area contributed by atoms with Gasteiger partial charge in [0.25, 0.3) is 0 Å². The summed E-state index contributed by atoms with van der Waals surface area (Å²) in [6.07, 6.45) is 0.584. The standard InChI is InChI=1S/C14H20FNO2/c1-9-6-12(15)4-5-14(9)10(2)11(3)18-8-13(16)7-17/h4-7,10-11,13H,8,16H2,1-3H3/t10-,11+,13?/m0/s1. The zero-order chi connectivity index (χ0) is 13.7. The van der Waals surface area contributed by atoms with Crippen LogP contribution in [0.4, 0.5) is 4.39 Å². The van der Waals surface area contributed by atoms with Gasteiger partial charge < -0.3 is 15.3 Å². The number of benzene rings is 1. The molecule has 0 aliphatic rings. The molecule has 1 aromatic carbocycles. The molecule has 0 saturated heterocycles. The number of hydrogen-bond donors (Lipinski definition) is 1. The predicted octanol–water partition coefficient (Wildman–Crippen LogP) is 2.17. The average Bonchev–Trinajstić information content (AvgIpc) is 2.34. The van der Waals surface area contributed by atoms with Crippen LogP contribution in [-0.4, -0.2) is 25.0 Å². The van der Waals surface area contributed by atoms with Gasteiger partial charge in [-0.1, -0.05) is 13.0 Å². The molecule has 0 fully saturated rings. The van der Waals surface area contributed by atoms with Gasteiger partial charge in [-0.2, -0.15) is 0 Å². The molecule has 2 N–H and O–H groups in total. The van der Waals surface area contributed by atoms with Gasteiger partial charge >= 0.3 is 0 Å². The molecule has 4 heteroatoms. The summed E-state index contributed by atoms with van der Waals surface area (Å²) in [5, 5.41) is 0. The van der Waals surface area contributed by atoms with Crippen LogP contribution < -0.4 is 5.73 Å². The Morgan fingerprint density at radius 3 is 2.67 bits per heavy atom. The van der Waals surface area contributed by atoms with Crippen molar-refractivity contribution in [2.75, 3.05) is 6.61 Å². The minimum Gasteiger partial charge on any atom is -0.376 e. The number of carbonyl (C=O) groups excluding carboxylic acids is 1. The Morgan fingerprint density at radius 2 is 2.11 bits per heavy atom. The van der Waals surface area contributed by atoms with Crippen molar-refractivity contribution >= 4 is 6.29 Å². The lowest BCUT2D eigenvalue weighted by molar-refractivity contribution is -0.110. The first kappa shape index (κ1) is 14.8. The lowest BCUT2D eigenvalue weighted by atomic mass is 9.92. The van der Waals surface area contributed by atoms with E-state index in [1.54, 1.807) is 6.07 Å². The van der Waals surface area contributed by atoms with Crippen molar-refractivity contribution in [1.29, 1.82) is 0 Å². The van der Waals surface area contributed by atoms with Crippen LogP contribution in [0.25, 0.3) is 0 Å². The number of aryl methyl sites for hydroxylation is 1. The fourth-order valence-corrected chi connectivity index (χ4v) is 1.85. The summed E-state index contributed by atoms with van der Waals surface area (Å²) in [6, 6.07) is 4.14. The number of carbonyl (C=O) groups is 1. The van der Waals surface area contributed by atoms with E-state index in [4.69, 9.17) is 10.5 Å². The molecule has 1 unspecified atom stereocenters. The van der Waals surface area contributed by atoms with E-state index >= 15 is 0 Å². The third-order valence-electron chi connectivity index (χ3n) is 3.15. The first-order valence-electron chi connectivity index (χ1n) is 6.04. The van der Waals surface area contributed by atoms with E-state index in [0.717, 1.165) is 11.1 Å². The van der Waals surface area contributed by atoms with Crippen molar-refractivity contribution in [2.45, 2.75) is 38.8 Å². The summed E-state index contributed by atoms with van der Waals surface area (Å²) < 4.78 is 18.6. The van der Waals surface area contributed by atoms with Crippen molar-refractivity contribution in [2.24, 2.45) is 5.73 Å².